The predicted octanol–water partition coefficient (Wildman–Crippen LogP) is -0.475. The van der Waals surface area contributed by atoms with E-state index in [4.69, 9.17) is 7.85 Å². The van der Waals surface area contributed by atoms with Gasteiger partial charge in [0.25, 0.3) is 0 Å². The fraction of sp³-hybridized carbons (Fsp3) is 0.500. The highest BCUT2D eigenvalue weighted by Gasteiger charge is 2.31. The first-order chi connectivity index (χ1) is 14.2. The standard InChI is InChI=1S/C20H28BN5O4/c1-11(2)17(26-20(29)30-4)19(28)25-16(10-22-12(3)27)18-23-9-15(24-18)13-5-7-14(21)8-6-13/h5-8,11,15-17H,9-10H2,1-4H3,(H,22,27)(H,23,24)(H,25,28)(H,26,29)/t15?,16-,17-/m0/s1. The first kappa shape index (κ1) is 23.2. The molecular weight excluding hydrogens is 385 g/mol. The van der Waals surface area contributed by atoms with Crippen molar-refractivity contribution in [1.82, 2.24) is 21.3 Å². The van der Waals surface area contributed by atoms with Crippen LogP contribution in [0, 0.1) is 5.92 Å². The topological polar surface area (TPSA) is 121 Å². The lowest BCUT2D eigenvalue weighted by Gasteiger charge is -2.26. The lowest BCUT2D eigenvalue weighted by Crippen LogP contribution is -2.57. The van der Waals surface area contributed by atoms with E-state index >= 15 is 0 Å². The molecule has 2 rings (SSSR count). The largest absolute Gasteiger partial charge is 0.453 e. The number of benzene rings is 1. The summed E-state index contributed by atoms with van der Waals surface area (Å²) < 4.78 is 4.60. The molecule has 3 atom stereocenters. The number of hydrogen-bond acceptors (Lipinski definition) is 6. The number of aliphatic imine (C=N–C) groups is 1. The van der Waals surface area contributed by atoms with Crippen molar-refractivity contribution in [3.05, 3.63) is 29.8 Å². The molecule has 0 bridgehead atoms. The highest BCUT2D eigenvalue weighted by molar-refractivity contribution is 6.32. The Morgan fingerprint density at radius 3 is 2.47 bits per heavy atom. The molecule has 30 heavy (non-hydrogen) atoms. The second kappa shape index (κ2) is 10.7. The number of nitrogens with zero attached hydrogens (tertiary/aromatic N) is 1. The van der Waals surface area contributed by atoms with Gasteiger partial charge in [-0.1, -0.05) is 43.6 Å². The van der Waals surface area contributed by atoms with Gasteiger partial charge in [-0.05, 0) is 11.5 Å². The molecule has 2 radical (unpaired) electrons. The fourth-order valence-corrected chi connectivity index (χ4v) is 3.03. The summed E-state index contributed by atoms with van der Waals surface area (Å²) in [6, 6.07) is 6.03. The maximum atomic E-state index is 12.8. The Morgan fingerprint density at radius 1 is 1.23 bits per heavy atom. The van der Waals surface area contributed by atoms with Crippen molar-refractivity contribution in [2.24, 2.45) is 10.9 Å². The van der Waals surface area contributed by atoms with Crippen LogP contribution in [-0.2, 0) is 14.3 Å². The zero-order valence-corrected chi connectivity index (χ0v) is 17.7. The van der Waals surface area contributed by atoms with Crippen LogP contribution in [0.5, 0.6) is 0 Å². The Balaban J connectivity index is 2.11. The number of methoxy groups -OCH3 is 1. The molecule has 0 fully saturated rings. The molecule has 1 aromatic carbocycles. The number of alkyl carbamates (subject to hydrolysis) is 1. The molecule has 0 saturated heterocycles. The Morgan fingerprint density at radius 2 is 1.90 bits per heavy atom. The van der Waals surface area contributed by atoms with Gasteiger partial charge in [0.05, 0.1) is 19.7 Å². The molecule has 1 heterocycles. The first-order valence-electron chi connectivity index (χ1n) is 9.76. The van der Waals surface area contributed by atoms with E-state index in [9.17, 15) is 14.4 Å². The number of nitrogens with one attached hydrogen (secondary N) is 4. The average molecular weight is 413 g/mol. The van der Waals surface area contributed by atoms with Crippen molar-refractivity contribution in [2.75, 3.05) is 20.2 Å². The number of carbonyl (C=O) groups is 3. The molecule has 3 amide bonds. The lowest BCUT2D eigenvalue weighted by atomic mass is 9.94. The van der Waals surface area contributed by atoms with Gasteiger partial charge < -0.3 is 26.0 Å². The zero-order chi connectivity index (χ0) is 22.3. The Labute approximate surface area is 177 Å². The van der Waals surface area contributed by atoms with Crippen LogP contribution in [0.2, 0.25) is 0 Å². The molecule has 4 N–H and O–H groups in total. The third-order valence-corrected chi connectivity index (χ3v) is 4.71. The zero-order valence-electron chi connectivity index (χ0n) is 17.7. The van der Waals surface area contributed by atoms with Gasteiger partial charge >= 0.3 is 6.09 Å². The third kappa shape index (κ3) is 6.50. The molecule has 1 aliphatic heterocycles. The molecule has 0 spiro atoms. The average Bonchev–Trinajstić information content (AvgIpc) is 3.19. The summed E-state index contributed by atoms with van der Waals surface area (Å²) in [4.78, 5) is 40.4. The maximum Gasteiger partial charge on any atom is 0.407 e. The van der Waals surface area contributed by atoms with E-state index in [1.54, 1.807) is 0 Å². The summed E-state index contributed by atoms with van der Waals surface area (Å²) in [6.07, 6.45) is -0.693. The van der Waals surface area contributed by atoms with Crippen molar-refractivity contribution in [2.45, 2.75) is 38.9 Å². The van der Waals surface area contributed by atoms with E-state index in [1.165, 1.54) is 14.0 Å². The summed E-state index contributed by atoms with van der Waals surface area (Å²) in [7, 11) is 6.98. The monoisotopic (exact) mass is 413 g/mol. The number of carbonyl (C=O) groups excluding carboxylic acids is 3. The highest BCUT2D eigenvalue weighted by atomic mass is 16.5. The van der Waals surface area contributed by atoms with Crippen LogP contribution in [0.25, 0.3) is 0 Å². The lowest BCUT2D eigenvalue weighted by molar-refractivity contribution is -0.125. The Bertz CT molecular complexity index is 797. The van der Waals surface area contributed by atoms with E-state index in [2.05, 4.69) is 31.0 Å². The molecule has 0 aliphatic carbocycles. The normalized spacial score (nSPS) is 17.4. The van der Waals surface area contributed by atoms with Crippen molar-refractivity contribution < 1.29 is 19.1 Å². The van der Waals surface area contributed by atoms with Crippen molar-refractivity contribution >= 4 is 37.1 Å². The molecular formula is C20H28BN5O4. The Kier molecular flexibility index (Phi) is 8.26. The number of amidine groups is 1. The predicted molar refractivity (Wildman–Crippen MR) is 115 cm³/mol. The summed E-state index contributed by atoms with van der Waals surface area (Å²) in [5.74, 6) is -0.242. The minimum absolute atomic E-state index is 0.0635. The minimum Gasteiger partial charge on any atom is -0.453 e. The first-order valence-corrected chi connectivity index (χ1v) is 9.76. The van der Waals surface area contributed by atoms with E-state index in [-0.39, 0.29) is 24.4 Å². The second-order valence-corrected chi connectivity index (χ2v) is 7.45. The van der Waals surface area contributed by atoms with Crippen molar-refractivity contribution in [1.29, 1.82) is 0 Å². The van der Waals surface area contributed by atoms with E-state index in [1.807, 2.05) is 38.1 Å². The minimum atomic E-state index is -0.799. The van der Waals surface area contributed by atoms with Crippen LogP contribution in [-0.4, -0.2) is 63.9 Å². The van der Waals surface area contributed by atoms with Gasteiger partial charge in [0.15, 0.2) is 0 Å². The van der Waals surface area contributed by atoms with Crippen LogP contribution in [0.4, 0.5) is 4.79 Å². The summed E-state index contributed by atoms with van der Waals surface area (Å²) >= 11 is 0. The molecule has 9 nitrogen and oxygen atoms in total. The van der Waals surface area contributed by atoms with Gasteiger partial charge in [-0.25, -0.2) is 4.79 Å². The van der Waals surface area contributed by atoms with E-state index in [0.717, 1.165) is 5.56 Å². The van der Waals surface area contributed by atoms with Crippen LogP contribution >= 0.6 is 0 Å². The van der Waals surface area contributed by atoms with Gasteiger partial charge in [0.2, 0.25) is 11.8 Å². The third-order valence-electron chi connectivity index (χ3n) is 4.71. The molecule has 10 heteroatoms. The van der Waals surface area contributed by atoms with Gasteiger partial charge in [-0.3, -0.25) is 14.6 Å². The molecule has 0 aromatic heterocycles. The van der Waals surface area contributed by atoms with Gasteiger partial charge in [0, 0.05) is 13.5 Å². The molecule has 1 aliphatic rings. The van der Waals surface area contributed by atoms with Crippen molar-refractivity contribution in [3.8, 4) is 0 Å². The number of rotatable bonds is 8. The summed E-state index contributed by atoms with van der Waals surface area (Å²) in [5, 5.41) is 11.4. The Hall–Kier alpha value is -3.04. The van der Waals surface area contributed by atoms with Gasteiger partial charge in [-0.15, -0.1) is 0 Å². The number of hydrogen-bond donors (Lipinski definition) is 4. The summed E-state index contributed by atoms with van der Waals surface area (Å²) in [6.45, 7) is 5.66. The maximum absolute atomic E-state index is 12.8. The molecule has 0 saturated carbocycles. The SMILES string of the molecule is [B]c1ccc(C2CN=C([C@H](CNC(C)=O)NC(=O)[C@@H](NC(=O)OC)C(C)C)N2)cc1. The van der Waals surface area contributed by atoms with Crippen LogP contribution in [0.15, 0.2) is 29.3 Å². The van der Waals surface area contributed by atoms with Gasteiger partial charge in [0.1, 0.15) is 25.8 Å². The molecule has 160 valence electrons. The molecule has 1 unspecified atom stereocenters. The van der Waals surface area contributed by atoms with Crippen LogP contribution in [0.3, 0.4) is 0 Å². The quantitative estimate of drug-likeness (QED) is 0.430. The highest BCUT2D eigenvalue weighted by Crippen LogP contribution is 2.17. The van der Waals surface area contributed by atoms with E-state index < -0.39 is 24.1 Å². The van der Waals surface area contributed by atoms with Crippen LogP contribution in [0.1, 0.15) is 32.4 Å². The van der Waals surface area contributed by atoms with E-state index in [0.29, 0.717) is 17.8 Å². The molecule has 1 aromatic rings. The number of amides is 3. The van der Waals surface area contributed by atoms with Crippen molar-refractivity contribution in [3.63, 3.8) is 0 Å². The van der Waals surface area contributed by atoms with Crippen LogP contribution < -0.4 is 26.7 Å². The number of ether oxygens (including phenoxy) is 1. The summed E-state index contributed by atoms with van der Waals surface area (Å²) in [5.41, 5.74) is 1.69. The smallest absolute Gasteiger partial charge is 0.407 e. The van der Waals surface area contributed by atoms with Gasteiger partial charge in [-0.2, -0.15) is 0 Å². The fourth-order valence-electron chi connectivity index (χ4n) is 3.03. The second-order valence-electron chi connectivity index (χ2n) is 7.45.